The molecule has 8 heteroatoms. The van der Waals surface area contributed by atoms with Gasteiger partial charge in [-0.1, -0.05) is 34.8 Å². The van der Waals surface area contributed by atoms with Crippen molar-refractivity contribution < 1.29 is 14.3 Å². The third-order valence-corrected chi connectivity index (χ3v) is 4.97. The van der Waals surface area contributed by atoms with Gasteiger partial charge in [-0.3, -0.25) is 4.79 Å². The minimum absolute atomic E-state index is 0.208. The van der Waals surface area contributed by atoms with Crippen LogP contribution in [0.3, 0.4) is 0 Å². The van der Waals surface area contributed by atoms with Crippen LogP contribution in [0.25, 0.3) is 0 Å². The summed E-state index contributed by atoms with van der Waals surface area (Å²) < 4.78 is 5.68. The van der Waals surface area contributed by atoms with Crippen molar-refractivity contribution in [2.75, 3.05) is 11.9 Å². The first-order chi connectivity index (χ1) is 11.3. The Bertz CT molecular complexity index is 811. The molecule has 2 rings (SSSR count). The lowest BCUT2D eigenvalue weighted by Crippen LogP contribution is -2.21. The number of ether oxygens (including phenoxy) is 1. The van der Waals surface area contributed by atoms with Crippen LogP contribution in [0.15, 0.2) is 34.8 Å². The Morgan fingerprint density at radius 2 is 1.79 bits per heavy atom. The second-order valence-corrected chi connectivity index (χ2v) is 6.91. The lowest BCUT2D eigenvalue weighted by molar-refractivity contribution is -0.119. The van der Waals surface area contributed by atoms with Crippen molar-refractivity contribution in [3.05, 3.63) is 61.0 Å². The molecular formula is C16H11BrCl3NO3. The van der Waals surface area contributed by atoms with Gasteiger partial charge < -0.3 is 10.1 Å². The van der Waals surface area contributed by atoms with E-state index in [9.17, 15) is 9.59 Å². The van der Waals surface area contributed by atoms with E-state index < -0.39 is 18.5 Å². The molecular weight excluding hydrogens is 440 g/mol. The van der Waals surface area contributed by atoms with E-state index in [1.165, 1.54) is 18.2 Å². The van der Waals surface area contributed by atoms with Crippen LogP contribution in [0.4, 0.5) is 5.69 Å². The fraction of sp³-hybridized carbons (Fsp3) is 0.125. The molecule has 0 bridgehead atoms. The fourth-order valence-corrected chi connectivity index (χ4v) is 2.72. The van der Waals surface area contributed by atoms with E-state index in [2.05, 4.69) is 21.2 Å². The summed E-state index contributed by atoms with van der Waals surface area (Å²) in [6, 6.07) is 7.71. The lowest BCUT2D eigenvalue weighted by atomic mass is 10.2. The first-order valence-electron chi connectivity index (χ1n) is 6.65. The monoisotopic (exact) mass is 449 g/mol. The van der Waals surface area contributed by atoms with E-state index >= 15 is 0 Å². The summed E-state index contributed by atoms with van der Waals surface area (Å²) in [6.45, 7) is 1.38. The maximum atomic E-state index is 11.9. The molecule has 0 radical (unpaired) electrons. The van der Waals surface area contributed by atoms with E-state index in [1.807, 2.05) is 6.92 Å². The number of nitrogens with one attached hydrogen (secondary N) is 1. The Balaban J connectivity index is 1.97. The third-order valence-electron chi connectivity index (χ3n) is 3.03. The number of esters is 1. The van der Waals surface area contributed by atoms with Gasteiger partial charge in [0, 0.05) is 10.2 Å². The quantitative estimate of drug-likeness (QED) is 0.624. The average Bonchev–Trinajstić information content (AvgIpc) is 2.53. The Morgan fingerprint density at radius 1 is 1.08 bits per heavy atom. The van der Waals surface area contributed by atoms with Gasteiger partial charge in [0.1, 0.15) is 0 Å². The largest absolute Gasteiger partial charge is 0.452 e. The molecule has 0 fully saturated rings. The molecule has 0 aromatic heterocycles. The number of hydrogen-bond acceptors (Lipinski definition) is 3. The third kappa shape index (κ3) is 4.86. The molecule has 0 saturated carbocycles. The topological polar surface area (TPSA) is 55.4 Å². The van der Waals surface area contributed by atoms with Crippen LogP contribution in [-0.4, -0.2) is 18.5 Å². The smallest absolute Gasteiger partial charge is 0.338 e. The highest BCUT2D eigenvalue weighted by molar-refractivity contribution is 9.10. The van der Waals surface area contributed by atoms with E-state index in [0.29, 0.717) is 15.7 Å². The first-order valence-corrected chi connectivity index (χ1v) is 8.58. The Kier molecular flexibility index (Phi) is 6.52. The van der Waals surface area contributed by atoms with Crippen LogP contribution in [0.1, 0.15) is 15.9 Å². The van der Waals surface area contributed by atoms with Crippen molar-refractivity contribution >= 4 is 68.3 Å². The number of rotatable bonds is 4. The number of hydrogen-bond donors (Lipinski definition) is 1. The molecule has 1 amide bonds. The number of anilines is 1. The molecule has 0 saturated heterocycles. The standard InChI is InChI=1S/C16H11BrCl3NO3/c1-8-4-10(17)12(19)6-14(8)21-15(22)7-24-16(23)9-2-3-11(18)13(20)5-9/h2-6H,7H2,1H3,(H,21,22). The van der Waals surface area contributed by atoms with Gasteiger partial charge in [0.15, 0.2) is 6.61 Å². The molecule has 0 aliphatic heterocycles. The second kappa shape index (κ2) is 8.21. The van der Waals surface area contributed by atoms with Gasteiger partial charge >= 0.3 is 5.97 Å². The van der Waals surface area contributed by atoms with Crippen molar-refractivity contribution in [3.8, 4) is 0 Å². The zero-order valence-electron chi connectivity index (χ0n) is 12.3. The molecule has 0 heterocycles. The maximum Gasteiger partial charge on any atom is 0.338 e. The molecule has 0 aliphatic rings. The molecule has 0 spiro atoms. The molecule has 24 heavy (non-hydrogen) atoms. The highest BCUT2D eigenvalue weighted by Crippen LogP contribution is 2.29. The summed E-state index contributed by atoms with van der Waals surface area (Å²) in [5, 5.41) is 3.66. The highest BCUT2D eigenvalue weighted by atomic mass is 79.9. The SMILES string of the molecule is Cc1cc(Br)c(Cl)cc1NC(=O)COC(=O)c1ccc(Cl)c(Cl)c1. The van der Waals surface area contributed by atoms with Crippen LogP contribution in [0.5, 0.6) is 0 Å². The van der Waals surface area contributed by atoms with Crippen LogP contribution < -0.4 is 5.32 Å². The number of carbonyl (C=O) groups excluding carboxylic acids is 2. The maximum absolute atomic E-state index is 11.9. The van der Waals surface area contributed by atoms with E-state index in [0.717, 1.165) is 10.0 Å². The molecule has 0 atom stereocenters. The van der Waals surface area contributed by atoms with Crippen LogP contribution >= 0.6 is 50.7 Å². The lowest BCUT2D eigenvalue weighted by Gasteiger charge is -2.10. The van der Waals surface area contributed by atoms with E-state index in [-0.39, 0.29) is 10.6 Å². The molecule has 1 N–H and O–H groups in total. The normalized spacial score (nSPS) is 10.4. The van der Waals surface area contributed by atoms with Gasteiger partial charge in [-0.05, 0) is 58.7 Å². The number of amides is 1. The summed E-state index contributed by atoms with van der Waals surface area (Å²) in [4.78, 5) is 23.8. The molecule has 2 aromatic rings. The predicted molar refractivity (Wildman–Crippen MR) is 99.3 cm³/mol. The molecule has 126 valence electrons. The van der Waals surface area contributed by atoms with Crippen LogP contribution in [0.2, 0.25) is 15.1 Å². The molecule has 0 unspecified atom stereocenters. The van der Waals surface area contributed by atoms with Crippen LogP contribution in [-0.2, 0) is 9.53 Å². The number of aryl methyl sites for hydroxylation is 1. The Hall–Kier alpha value is -1.27. The average molecular weight is 452 g/mol. The number of benzene rings is 2. The fourth-order valence-electron chi connectivity index (χ4n) is 1.80. The summed E-state index contributed by atoms with van der Waals surface area (Å²) in [7, 11) is 0. The number of halogens is 4. The summed E-state index contributed by atoms with van der Waals surface area (Å²) in [6.07, 6.45) is 0. The Morgan fingerprint density at radius 3 is 2.46 bits per heavy atom. The van der Waals surface area contributed by atoms with Gasteiger partial charge in [0.25, 0.3) is 5.91 Å². The first kappa shape index (κ1) is 19.1. The van der Waals surface area contributed by atoms with Crippen molar-refractivity contribution in [1.82, 2.24) is 0 Å². The van der Waals surface area contributed by atoms with Gasteiger partial charge in [-0.15, -0.1) is 0 Å². The van der Waals surface area contributed by atoms with Crippen LogP contribution in [0, 0.1) is 6.92 Å². The van der Waals surface area contributed by atoms with Crippen molar-refractivity contribution in [2.24, 2.45) is 0 Å². The second-order valence-electron chi connectivity index (χ2n) is 4.83. The zero-order chi connectivity index (χ0) is 17.9. The molecule has 0 aliphatic carbocycles. The van der Waals surface area contributed by atoms with Gasteiger partial charge in [-0.2, -0.15) is 0 Å². The van der Waals surface area contributed by atoms with Crippen molar-refractivity contribution in [2.45, 2.75) is 6.92 Å². The van der Waals surface area contributed by atoms with E-state index in [1.54, 1.807) is 12.1 Å². The molecule has 4 nitrogen and oxygen atoms in total. The Labute approximate surface area is 162 Å². The summed E-state index contributed by atoms with van der Waals surface area (Å²) in [5.74, 6) is -1.15. The van der Waals surface area contributed by atoms with Gasteiger partial charge in [-0.25, -0.2) is 4.79 Å². The molecule has 2 aromatic carbocycles. The highest BCUT2D eigenvalue weighted by Gasteiger charge is 2.13. The number of carbonyl (C=O) groups is 2. The van der Waals surface area contributed by atoms with E-state index in [4.69, 9.17) is 39.5 Å². The van der Waals surface area contributed by atoms with Crippen molar-refractivity contribution in [1.29, 1.82) is 0 Å². The van der Waals surface area contributed by atoms with Crippen molar-refractivity contribution in [3.63, 3.8) is 0 Å². The van der Waals surface area contributed by atoms with Gasteiger partial charge in [0.05, 0.1) is 20.6 Å². The summed E-state index contributed by atoms with van der Waals surface area (Å²) >= 11 is 20.9. The zero-order valence-corrected chi connectivity index (χ0v) is 16.2. The van der Waals surface area contributed by atoms with Gasteiger partial charge in [0.2, 0.25) is 0 Å². The minimum Gasteiger partial charge on any atom is -0.452 e. The summed E-state index contributed by atoms with van der Waals surface area (Å²) in [5.41, 5.74) is 1.56. The predicted octanol–water partition coefficient (Wildman–Crippen LogP) is 5.51. The minimum atomic E-state index is -0.672.